The van der Waals surface area contributed by atoms with Crippen LogP contribution in [0.1, 0.15) is 7.12 Å². The number of rotatable bonds is 0. The molecule has 1 aliphatic heterocycles. The van der Waals surface area contributed by atoms with Gasteiger partial charge >= 0.3 is 0 Å². The van der Waals surface area contributed by atoms with Gasteiger partial charge in [0.25, 0.3) is 0 Å². The van der Waals surface area contributed by atoms with Gasteiger partial charge < -0.3 is 5.32 Å². The van der Waals surface area contributed by atoms with Crippen LogP contribution in [0.25, 0.3) is 0 Å². The quantitative estimate of drug-likeness (QED) is 0.538. The zero-order valence-corrected chi connectivity index (χ0v) is 5.17. The van der Waals surface area contributed by atoms with Crippen molar-refractivity contribution in [3.8, 4) is 0 Å². The highest BCUT2D eigenvalue weighted by atomic mass is 15.3. The lowest BCUT2D eigenvalue weighted by atomic mass is 10.3. The monoisotopic (exact) mass is 125 g/mol. The molecule has 3 heteroatoms. The third kappa shape index (κ3) is 0.733. The summed E-state index contributed by atoms with van der Waals surface area (Å²) in [4.78, 5) is 0. The fourth-order valence-electron chi connectivity index (χ4n) is 1.11. The Labute approximate surface area is 55.2 Å². The zero-order chi connectivity index (χ0) is 6.10. The molecule has 2 heterocycles. The van der Waals surface area contributed by atoms with Crippen molar-refractivity contribution in [3.63, 3.8) is 0 Å². The molecule has 0 aliphatic carbocycles. The van der Waals surface area contributed by atoms with Gasteiger partial charge in [0.15, 0.2) is 0 Å². The van der Waals surface area contributed by atoms with E-state index in [1.54, 1.807) is 0 Å². The second-order valence-electron chi connectivity index (χ2n) is 2.22. The molecule has 50 valence electrons. The number of nitrogens with zero attached hydrogens (tertiary/aromatic N) is 2. The van der Waals surface area contributed by atoms with Gasteiger partial charge in [0.1, 0.15) is 0 Å². The van der Waals surface area contributed by atoms with Crippen LogP contribution in [-0.2, 0) is 13.1 Å². The topological polar surface area (TPSA) is 29.9 Å². The summed E-state index contributed by atoms with van der Waals surface area (Å²) >= 11 is 0. The van der Waals surface area contributed by atoms with Crippen LogP contribution in [0, 0.1) is 0 Å². The minimum atomic E-state index is 0. The van der Waals surface area contributed by atoms with E-state index in [1.165, 1.54) is 5.69 Å². The summed E-state index contributed by atoms with van der Waals surface area (Å²) in [5.41, 5.74) is 1.29. The molecule has 1 aliphatic rings. The van der Waals surface area contributed by atoms with E-state index < -0.39 is 0 Å². The molecule has 2 rings (SSSR count). The Bertz CT molecular complexity index is 188. The molecular formula is C6H11N3. The van der Waals surface area contributed by atoms with E-state index in [1.807, 2.05) is 16.9 Å². The van der Waals surface area contributed by atoms with E-state index in [2.05, 4.69) is 10.4 Å². The minimum Gasteiger partial charge on any atom is -0.309 e. The second kappa shape index (κ2) is 1.84. The summed E-state index contributed by atoms with van der Waals surface area (Å²) in [5, 5.41) is 7.40. The number of nitrogens with one attached hydrogen (secondary N) is 1. The highest BCUT2D eigenvalue weighted by Crippen LogP contribution is 2.00. The van der Waals surface area contributed by atoms with Gasteiger partial charge in [-0.2, -0.15) is 5.10 Å². The third-order valence-electron chi connectivity index (χ3n) is 1.61. The van der Waals surface area contributed by atoms with E-state index in [4.69, 9.17) is 0 Å². The first kappa shape index (κ1) is 4.99. The van der Waals surface area contributed by atoms with Gasteiger partial charge in [-0.05, 0) is 6.07 Å². The average Bonchev–Trinajstić information content (AvgIpc) is 2.33. The molecule has 0 bridgehead atoms. The molecule has 0 amide bonds. The van der Waals surface area contributed by atoms with Gasteiger partial charge in [-0.3, -0.25) is 4.68 Å². The van der Waals surface area contributed by atoms with E-state index in [-0.39, 0.29) is 1.43 Å². The fourth-order valence-corrected chi connectivity index (χ4v) is 1.11. The molecule has 0 unspecified atom stereocenters. The van der Waals surface area contributed by atoms with Crippen LogP contribution in [-0.4, -0.2) is 16.3 Å². The summed E-state index contributed by atoms with van der Waals surface area (Å²) in [5.74, 6) is 0. The average molecular weight is 125 g/mol. The van der Waals surface area contributed by atoms with Crippen molar-refractivity contribution in [1.82, 2.24) is 15.1 Å². The summed E-state index contributed by atoms with van der Waals surface area (Å²) in [6.07, 6.45) is 1.85. The smallest absolute Gasteiger partial charge is 0.0537 e. The van der Waals surface area contributed by atoms with Gasteiger partial charge in [-0.1, -0.05) is 0 Å². The first-order valence-corrected chi connectivity index (χ1v) is 3.18. The van der Waals surface area contributed by atoms with Crippen molar-refractivity contribution in [2.45, 2.75) is 13.1 Å². The number of fused-ring (bicyclic) bond motifs is 1. The fraction of sp³-hybridized carbons (Fsp3) is 0.500. The predicted molar refractivity (Wildman–Crippen MR) is 36.0 cm³/mol. The Kier molecular flexibility index (Phi) is 1.02. The maximum absolute atomic E-state index is 4.13. The van der Waals surface area contributed by atoms with Crippen LogP contribution in [0.15, 0.2) is 12.3 Å². The van der Waals surface area contributed by atoms with Crippen molar-refractivity contribution < 1.29 is 1.43 Å². The number of hydrogen-bond donors (Lipinski definition) is 1. The molecule has 0 saturated carbocycles. The van der Waals surface area contributed by atoms with Gasteiger partial charge in [-0.15, -0.1) is 0 Å². The lowest BCUT2D eigenvalue weighted by molar-refractivity contribution is 0.475. The highest BCUT2D eigenvalue weighted by Gasteiger charge is 2.05. The lowest BCUT2D eigenvalue weighted by Gasteiger charge is -2.13. The van der Waals surface area contributed by atoms with E-state index in [9.17, 15) is 0 Å². The van der Waals surface area contributed by atoms with Crippen LogP contribution in [0.5, 0.6) is 0 Å². The van der Waals surface area contributed by atoms with Crippen molar-refractivity contribution in [1.29, 1.82) is 0 Å². The van der Waals surface area contributed by atoms with Crippen LogP contribution in [0.3, 0.4) is 0 Å². The van der Waals surface area contributed by atoms with Gasteiger partial charge in [-0.25, -0.2) is 0 Å². The molecule has 0 radical (unpaired) electrons. The van der Waals surface area contributed by atoms with Crippen LogP contribution >= 0.6 is 0 Å². The molecule has 0 atom stereocenters. The molecule has 1 aromatic heterocycles. The SMILES string of the molecule is [HH].c1cc2n(n1)CCNC2. The molecule has 3 nitrogen and oxygen atoms in total. The Morgan fingerprint density at radius 3 is 3.67 bits per heavy atom. The van der Waals surface area contributed by atoms with Crippen molar-refractivity contribution >= 4 is 0 Å². The largest absolute Gasteiger partial charge is 0.309 e. The summed E-state index contributed by atoms with van der Waals surface area (Å²) in [7, 11) is 0. The maximum Gasteiger partial charge on any atom is 0.0537 e. The van der Waals surface area contributed by atoms with Crippen LogP contribution in [0.4, 0.5) is 0 Å². The molecule has 1 N–H and O–H groups in total. The Morgan fingerprint density at radius 1 is 1.78 bits per heavy atom. The van der Waals surface area contributed by atoms with Crippen LogP contribution < -0.4 is 5.32 Å². The molecule has 0 saturated heterocycles. The minimum absolute atomic E-state index is 0. The lowest BCUT2D eigenvalue weighted by Crippen LogP contribution is -2.28. The molecule has 0 aromatic carbocycles. The molecular weight excluding hydrogens is 114 g/mol. The highest BCUT2D eigenvalue weighted by molar-refractivity contribution is 5.01. The molecule has 1 aromatic rings. The standard InChI is InChI=1S/C6H9N3.H2/c1-2-8-9-4-3-7-5-6(1)9;/h1-2,7H,3-5H2;1H. The van der Waals surface area contributed by atoms with Gasteiger partial charge in [0.05, 0.1) is 12.2 Å². The summed E-state index contributed by atoms with van der Waals surface area (Å²) in [6, 6.07) is 2.05. The zero-order valence-electron chi connectivity index (χ0n) is 5.17. The first-order valence-electron chi connectivity index (χ1n) is 3.18. The van der Waals surface area contributed by atoms with Crippen LogP contribution in [0.2, 0.25) is 0 Å². The third-order valence-corrected chi connectivity index (χ3v) is 1.61. The number of aromatic nitrogens is 2. The maximum atomic E-state index is 4.13. The summed E-state index contributed by atoms with van der Waals surface area (Å²) in [6.45, 7) is 3.04. The molecule has 0 fully saturated rings. The molecule has 0 spiro atoms. The normalized spacial score (nSPS) is 17.3. The summed E-state index contributed by atoms with van der Waals surface area (Å²) < 4.78 is 2.04. The van der Waals surface area contributed by atoms with Gasteiger partial charge in [0.2, 0.25) is 0 Å². The Morgan fingerprint density at radius 2 is 2.78 bits per heavy atom. The van der Waals surface area contributed by atoms with E-state index >= 15 is 0 Å². The van der Waals surface area contributed by atoms with Gasteiger partial charge in [0, 0.05) is 20.7 Å². The Balaban J connectivity index is 0.000000500. The van der Waals surface area contributed by atoms with E-state index in [0.717, 1.165) is 19.6 Å². The Hall–Kier alpha value is -0.830. The second-order valence-corrected chi connectivity index (χ2v) is 2.22. The van der Waals surface area contributed by atoms with Crippen molar-refractivity contribution in [2.75, 3.05) is 6.54 Å². The predicted octanol–water partition coefficient (Wildman–Crippen LogP) is 0.232. The van der Waals surface area contributed by atoms with E-state index in [0.29, 0.717) is 0 Å². The van der Waals surface area contributed by atoms with Crippen molar-refractivity contribution in [3.05, 3.63) is 18.0 Å². The molecule has 9 heavy (non-hydrogen) atoms. The van der Waals surface area contributed by atoms with Crippen molar-refractivity contribution in [2.24, 2.45) is 0 Å². The first-order chi connectivity index (χ1) is 4.47. The number of hydrogen-bond acceptors (Lipinski definition) is 2.